The van der Waals surface area contributed by atoms with Crippen LogP contribution in [0.5, 0.6) is 5.75 Å². The largest absolute Gasteiger partial charge is 0.481 e. The highest BCUT2D eigenvalue weighted by molar-refractivity contribution is 5.94. The Hall–Kier alpha value is -3.67. The molecule has 1 heterocycles. The lowest BCUT2D eigenvalue weighted by atomic mass is 9.85. The molecule has 0 spiro atoms. The van der Waals surface area contributed by atoms with Gasteiger partial charge in [-0.25, -0.2) is 4.39 Å². The average molecular weight is 503 g/mol. The van der Waals surface area contributed by atoms with Gasteiger partial charge in [-0.3, -0.25) is 9.59 Å². The highest BCUT2D eigenvalue weighted by Gasteiger charge is 2.37. The van der Waals surface area contributed by atoms with Gasteiger partial charge in [0.05, 0.1) is 6.04 Å². The lowest BCUT2D eigenvalue weighted by Gasteiger charge is -2.41. The number of nitrogens with zero attached hydrogens (tertiary/aromatic N) is 1. The first-order chi connectivity index (χ1) is 17.6. The second-order valence-electron chi connectivity index (χ2n) is 10.7. The van der Waals surface area contributed by atoms with Gasteiger partial charge in [-0.05, 0) is 72.9 Å². The third kappa shape index (κ3) is 6.01. The van der Waals surface area contributed by atoms with Crippen LogP contribution in [0.4, 0.5) is 10.1 Å². The molecule has 6 heteroatoms. The van der Waals surface area contributed by atoms with E-state index in [0.29, 0.717) is 25.1 Å². The lowest BCUT2D eigenvalue weighted by molar-refractivity contribution is -0.141. The van der Waals surface area contributed by atoms with E-state index in [-0.39, 0.29) is 23.7 Å². The van der Waals surface area contributed by atoms with E-state index in [1.165, 1.54) is 12.1 Å². The van der Waals surface area contributed by atoms with E-state index in [9.17, 15) is 14.0 Å². The Bertz CT molecular complexity index is 1260. The molecule has 0 bridgehead atoms. The van der Waals surface area contributed by atoms with Crippen molar-refractivity contribution in [3.63, 3.8) is 0 Å². The Morgan fingerprint density at radius 3 is 2.35 bits per heavy atom. The second kappa shape index (κ2) is 10.8. The van der Waals surface area contributed by atoms with E-state index in [1.54, 1.807) is 12.1 Å². The number of carbonyl (C=O) groups is 2. The fourth-order valence-corrected chi connectivity index (χ4v) is 4.67. The van der Waals surface area contributed by atoms with Crippen LogP contribution in [0.1, 0.15) is 62.4 Å². The lowest BCUT2D eigenvalue weighted by Crippen LogP contribution is -2.45. The van der Waals surface area contributed by atoms with E-state index in [2.05, 4.69) is 5.32 Å². The van der Waals surface area contributed by atoms with Crippen molar-refractivity contribution in [2.75, 3.05) is 11.9 Å². The van der Waals surface area contributed by atoms with Gasteiger partial charge in [-0.1, -0.05) is 63.6 Å². The molecule has 194 valence electrons. The quantitative estimate of drug-likeness (QED) is 0.421. The molecular weight excluding hydrogens is 467 g/mol. The van der Waals surface area contributed by atoms with Gasteiger partial charge < -0.3 is 15.0 Å². The number of carbonyl (C=O) groups excluding carboxylic acids is 2. The number of hydrogen-bond donors (Lipinski definition) is 1. The van der Waals surface area contributed by atoms with Crippen LogP contribution in [-0.4, -0.2) is 29.4 Å². The molecule has 1 N–H and O–H groups in total. The Morgan fingerprint density at radius 2 is 1.73 bits per heavy atom. The molecule has 0 aromatic heterocycles. The first-order valence-corrected chi connectivity index (χ1v) is 12.8. The predicted molar refractivity (Wildman–Crippen MR) is 144 cm³/mol. The third-order valence-corrected chi connectivity index (χ3v) is 6.69. The van der Waals surface area contributed by atoms with Gasteiger partial charge in [0.25, 0.3) is 5.91 Å². The van der Waals surface area contributed by atoms with Crippen molar-refractivity contribution in [3.05, 3.63) is 94.8 Å². The number of nitrogens with one attached hydrogen (secondary N) is 1. The highest BCUT2D eigenvalue weighted by Crippen LogP contribution is 2.39. The van der Waals surface area contributed by atoms with Crippen LogP contribution >= 0.6 is 0 Å². The van der Waals surface area contributed by atoms with E-state index in [4.69, 9.17) is 4.74 Å². The molecule has 2 atom stereocenters. The van der Waals surface area contributed by atoms with Gasteiger partial charge >= 0.3 is 0 Å². The van der Waals surface area contributed by atoms with Crippen molar-refractivity contribution < 1.29 is 18.7 Å². The molecule has 0 aliphatic carbocycles. The summed E-state index contributed by atoms with van der Waals surface area (Å²) in [5.74, 6) is 0.0455. The van der Waals surface area contributed by atoms with Crippen LogP contribution in [0.25, 0.3) is 0 Å². The Kier molecular flexibility index (Phi) is 7.67. The first kappa shape index (κ1) is 26.4. The monoisotopic (exact) mass is 502 g/mol. The summed E-state index contributed by atoms with van der Waals surface area (Å²) < 4.78 is 19.9. The molecule has 3 aromatic rings. The van der Waals surface area contributed by atoms with Crippen molar-refractivity contribution in [3.8, 4) is 5.75 Å². The van der Waals surface area contributed by atoms with E-state index in [0.717, 1.165) is 27.9 Å². The summed E-state index contributed by atoms with van der Waals surface area (Å²) in [6.45, 7) is 10.2. The summed E-state index contributed by atoms with van der Waals surface area (Å²) in [5.41, 5.74) is 4.14. The maximum Gasteiger partial charge on any atom is 0.265 e. The van der Waals surface area contributed by atoms with Crippen LogP contribution in [0.15, 0.2) is 66.7 Å². The minimum atomic E-state index is -0.681. The average Bonchev–Trinajstić information content (AvgIpc) is 2.87. The van der Waals surface area contributed by atoms with Crippen molar-refractivity contribution in [2.24, 2.45) is 5.41 Å². The number of ether oxygens (including phenoxy) is 1. The van der Waals surface area contributed by atoms with Gasteiger partial charge in [0.15, 0.2) is 6.10 Å². The number of hydrogen-bond acceptors (Lipinski definition) is 3. The zero-order valence-electron chi connectivity index (χ0n) is 22.2. The van der Waals surface area contributed by atoms with Gasteiger partial charge in [0.2, 0.25) is 5.91 Å². The van der Waals surface area contributed by atoms with Gasteiger partial charge in [0, 0.05) is 17.6 Å². The SMILES string of the molecule is CC[C@@H](Oc1ccc2c(c1)[C@H](c1ccc(F)cc1)N(C(=O)C(C)(C)C)CC2)C(=O)Nc1ccc(C)cc1. The second-order valence-corrected chi connectivity index (χ2v) is 10.7. The Labute approximate surface area is 218 Å². The van der Waals surface area contributed by atoms with Crippen LogP contribution < -0.4 is 10.1 Å². The third-order valence-electron chi connectivity index (χ3n) is 6.69. The summed E-state index contributed by atoms with van der Waals surface area (Å²) in [6.07, 6.45) is 0.518. The summed E-state index contributed by atoms with van der Waals surface area (Å²) in [6, 6.07) is 19.4. The summed E-state index contributed by atoms with van der Waals surface area (Å²) >= 11 is 0. The van der Waals surface area contributed by atoms with Gasteiger partial charge in [-0.2, -0.15) is 0 Å². The molecular formula is C31H35FN2O3. The molecule has 3 aromatic carbocycles. The molecule has 0 unspecified atom stereocenters. The Balaban J connectivity index is 1.65. The standard InChI is InChI=1S/C31H35FN2O3/c1-6-27(29(35)33-24-14-7-20(2)8-15-24)37-25-16-11-21-17-18-34(30(36)31(3,4)5)28(26(21)19-25)22-9-12-23(32)13-10-22/h7-16,19,27-28H,6,17-18H2,1-5H3,(H,33,35)/t27-,28+/m1/s1. The van der Waals surface area contributed by atoms with E-state index < -0.39 is 11.5 Å². The molecule has 0 fully saturated rings. The number of anilines is 1. The molecule has 0 saturated heterocycles. The maximum absolute atomic E-state index is 13.8. The smallest absolute Gasteiger partial charge is 0.265 e. The van der Waals surface area contributed by atoms with Gasteiger partial charge in [-0.15, -0.1) is 0 Å². The Morgan fingerprint density at radius 1 is 1.05 bits per heavy atom. The molecule has 5 nitrogen and oxygen atoms in total. The molecule has 0 radical (unpaired) electrons. The number of aryl methyl sites for hydroxylation is 1. The number of fused-ring (bicyclic) bond motifs is 1. The van der Waals surface area contributed by atoms with Crippen molar-refractivity contribution in [1.82, 2.24) is 4.90 Å². The van der Waals surface area contributed by atoms with E-state index in [1.807, 2.05) is 82.0 Å². The summed E-state index contributed by atoms with van der Waals surface area (Å²) in [7, 11) is 0. The summed E-state index contributed by atoms with van der Waals surface area (Å²) in [5, 5.41) is 2.93. The van der Waals surface area contributed by atoms with Crippen LogP contribution in [0.3, 0.4) is 0 Å². The van der Waals surface area contributed by atoms with Crippen LogP contribution in [0, 0.1) is 18.2 Å². The minimum Gasteiger partial charge on any atom is -0.481 e. The number of halogens is 1. The number of rotatable bonds is 6. The molecule has 0 saturated carbocycles. The minimum absolute atomic E-state index is 0.0303. The normalized spacial score (nSPS) is 16.1. The predicted octanol–water partition coefficient (Wildman–Crippen LogP) is 6.45. The van der Waals surface area contributed by atoms with Crippen LogP contribution in [0.2, 0.25) is 0 Å². The fraction of sp³-hybridized carbons (Fsp3) is 0.355. The zero-order chi connectivity index (χ0) is 26.7. The fourth-order valence-electron chi connectivity index (χ4n) is 4.67. The van der Waals surface area contributed by atoms with Crippen molar-refractivity contribution >= 4 is 17.5 Å². The molecule has 37 heavy (non-hydrogen) atoms. The molecule has 1 aliphatic heterocycles. The first-order valence-electron chi connectivity index (χ1n) is 12.8. The van der Waals surface area contributed by atoms with Crippen LogP contribution in [-0.2, 0) is 16.0 Å². The number of amides is 2. The van der Waals surface area contributed by atoms with Gasteiger partial charge in [0.1, 0.15) is 11.6 Å². The molecule has 1 aliphatic rings. The van der Waals surface area contributed by atoms with E-state index >= 15 is 0 Å². The van der Waals surface area contributed by atoms with Crippen molar-refractivity contribution in [2.45, 2.75) is 59.6 Å². The molecule has 4 rings (SSSR count). The highest BCUT2D eigenvalue weighted by atomic mass is 19.1. The van der Waals surface area contributed by atoms with Crippen molar-refractivity contribution in [1.29, 1.82) is 0 Å². The zero-order valence-corrected chi connectivity index (χ0v) is 22.2. The summed E-state index contributed by atoms with van der Waals surface area (Å²) in [4.78, 5) is 28.3. The maximum atomic E-state index is 13.8. The topological polar surface area (TPSA) is 58.6 Å². The number of benzene rings is 3. The molecule has 2 amide bonds.